The van der Waals surface area contributed by atoms with Crippen molar-refractivity contribution in [3.8, 4) is 17.2 Å². The van der Waals surface area contributed by atoms with E-state index in [1.807, 2.05) is 20.8 Å². The third-order valence-electron chi connectivity index (χ3n) is 5.99. The second-order valence-corrected chi connectivity index (χ2v) is 11.7. The molecular weight excluding hydrogens is 537 g/mol. The molecule has 208 valence electrons. The molecule has 0 unspecified atom stereocenters. The quantitative estimate of drug-likeness (QED) is 0.426. The number of sulfonamides is 1. The molecular formula is C27H27F3N2O6S. The zero-order chi connectivity index (χ0) is 28.6. The number of alkyl halides is 3. The molecule has 1 aliphatic rings. The molecule has 0 saturated heterocycles. The van der Waals surface area contributed by atoms with Crippen molar-refractivity contribution in [3.63, 3.8) is 0 Å². The van der Waals surface area contributed by atoms with Crippen LogP contribution < -0.4 is 23.8 Å². The molecule has 1 amide bonds. The summed E-state index contributed by atoms with van der Waals surface area (Å²) in [6.07, 6.45) is -6.10. The SMILES string of the molecule is COc1ccc(S(=O)(=O)N2C[C@H](C(=O)Nc3ccc(OC(F)(F)F)cc3)Oc3ccc(C(C)(C)C)cc32)cc1. The van der Waals surface area contributed by atoms with Crippen LogP contribution in [0.3, 0.4) is 0 Å². The minimum atomic E-state index is -4.85. The van der Waals surface area contributed by atoms with Gasteiger partial charge < -0.3 is 19.5 Å². The van der Waals surface area contributed by atoms with E-state index in [2.05, 4.69) is 10.1 Å². The van der Waals surface area contributed by atoms with Crippen molar-refractivity contribution >= 4 is 27.3 Å². The van der Waals surface area contributed by atoms with Gasteiger partial charge in [0.15, 0.2) is 6.10 Å². The first-order valence-corrected chi connectivity index (χ1v) is 13.3. The number of hydrogen-bond acceptors (Lipinski definition) is 6. The predicted octanol–water partition coefficient (Wildman–Crippen LogP) is 5.49. The number of methoxy groups -OCH3 is 1. The topological polar surface area (TPSA) is 94.2 Å². The van der Waals surface area contributed by atoms with Crippen LogP contribution in [0, 0.1) is 0 Å². The molecule has 3 aromatic rings. The Morgan fingerprint density at radius 1 is 0.974 bits per heavy atom. The van der Waals surface area contributed by atoms with Crippen LogP contribution in [-0.2, 0) is 20.2 Å². The lowest BCUT2D eigenvalue weighted by Crippen LogP contribution is -2.49. The number of halogens is 3. The first-order valence-electron chi connectivity index (χ1n) is 11.8. The Kier molecular flexibility index (Phi) is 7.44. The Morgan fingerprint density at radius 3 is 2.15 bits per heavy atom. The Balaban J connectivity index is 1.65. The normalized spacial score (nSPS) is 15.7. The molecule has 0 fully saturated rings. The van der Waals surface area contributed by atoms with Gasteiger partial charge in [0.05, 0.1) is 24.2 Å². The summed E-state index contributed by atoms with van der Waals surface area (Å²) in [5, 5.41) is 2.56. The number of carbonyl (C=O) groups is 1. The van der Waals surface area contributed by atoms with Crippen molar-refractivity contribution in [1.29, 1.82) is 0 Å². The van der Waals surface area contributed by atoms with Gasteiger partial charge in [-0.05, 0) is 71.6 Å². The smallest absolute Gasteiger partial charge is 0.497 e. The lowest BCUT2D eigenvalue weighted by molar-refractivity contribution is -0.274. The number of amides is 1. The van der Waals surface area contributed by atoms with E-state index in [0.717, 1.165) is 22.0 Å². The highest BCUT2D eigenvalue weighted by molar-refractivity contribution is 7.92. The fraction of sp³-hybridized carbons (Fsp3) is 0.296. The number of fused-ring (bicyclic) bond motifs is 1. The number of hydrogen-bond donors (Lipinski definition) is 1. The van der Waals surface area contributed by atoms with E-state index in [1.54, 1.807) is 18.2 Å². The number of nitrogens with zero attached hydrogens (tertiary/aromatic N) is 1. The van der Waals surface area contributed by atoms with E-state index in [0.29, 0.717) is 5.75 Å². The molecule has 3 aromatic carbocycles. The highest BCUT2D eigenvalue weighted by Gasteiger charge is 2.38. The average Bonchev–Trinajstić information content (AvgIpc) is 2.87. The largest absolute Gasteiger partial charge is 0.573 e. The zero-order valence-corrected chi connectivity index (χ0v) is 22.4. The van der Waals surface area contributed by atoms with E-state index >= 15 is 0 Å². The Labute approximate surface area is 224 Å². The molecule has 8 nitrogen and oxygen atoms in total. The van der Waals surface area contributed by atoms with Crippen molar-refractivity contribution in [1.82, 2.24) is 0 Å². The number of ether oxygens (including phenoxy) is 3. The van der Waals surface area contributed by atoms with Gasteiger partial charge in [-0.15, -0.1) is 13.2 Å². The molecule has 0 saturated carbocycles. The van der Waals surface area contributed by atoms with E-state index in [9.17, 15) is 26.4 Å². The molecule has 0 bridgehead atoms. The molecule has 0 aliphatic carbocycles. The van der Waals surface area contributed by atoms with Crippen LogP contribution in [0.15, 0.2) is 71.6 Å². The van der Waals surface area contributed by atoms with Crippen LogP contribution in [-0.4, -0.2) is 40.4 Å². The number of rotatable bonds is 6. The van der Waals surface area contributed by atoms with Crippen molar-refractivity contribution in [2.75, 3.05) is 23.3 Å². The van der Waals surface area contributed by atoms with Gasteiger partial charge in [0.25, 0.3) is 15.9 Å². The lowest BCUT2D eigenvalue weighted by atomic mass is 9.86. The molecule has 0 spiro atoms. The molecule has 0 aromatic heterocycles. The van der Waals surface area contributed by atoms with Gasteiger partial charge in [-0.2, -0.15) is 0 Å². The van der Waals surface area contributed by atoms with Crippen LogP contribution in [0.1, 0.15) is 26.3 Å². The average molecular weight is 565 g/mol. The van der Waals surface area contributed by atoms with E-state index in [-0.39, 0.29) is 34.0 Å². The van der Waals surface area contributed by atoms with Gasteiger partial charge in [-0.3, -0.25) is 9.10 Å². The molecule has 1 heterocycles. The van der Waals surface area contributed by atoms with Crippen molar-refractivity contribution in [2.45, 2.75) is 43.5 Å². The molecule has 4 rings (SSSR count). The lowest BCUT2D eigenvalue weighted by Gasteiger charge is -2.36. The molecule has 12 heteroatoms. The monoisotopic (exact) mass is 564 g/mol. The van der Waals surface area contributed by atoms with Gasteiger partial charge in [0, 0.05) is 5.69 Å². The maximum Gasteiger partial charge on any atom is 0.573 e. The van der Waals surface area contributed by atoms with Crippen LogP contribution in [0.25, 0.3) is 0 Å². The third kappa shape index (κ3) is 6.39. The van der Waals surface area contributed by atoms with Crippen LogP contribution >= 0.6 is 0 Å². The minimum Gasteiger partial charge on any atom is -0.497 e. The Morgan fingerprint density at radius 2 is 1.59 bits per heavy atom. The summed E-state index contributed by atoms with van der Waals surface area (Å²) < 4.78 is 80.9. The third-order valence-corrected chi connectivity index (χ3v) is 7.78. The van der Waals surface area contributed by atoms with Gasteiger partial charge in [0.2, 0.25) is 0 Å². The minimum absolute atomic E-state index is 0.00303. The molecule has 1 aliphatic heterocycles. The molecule has 1 atom stereocenters. The standard InChI is InChI=1S/C27H27F3N2O6S/c1-26(2,3)17-5-14-23-22(15-17)32(39(34,35)21-12-10-19(36-4)11-13-21)16-24(37-23)25(33)31-18-6-8-20(9-7-18)38-27(28,29)30/h5-15,24H,16H2,1-4H3,(H,31,33)/t24-/m1/s1. The fourth-order valence-corrected chi connectivity index (χ4v) is 5.39. The molecule has 1 N–H and O–H groups in total. The van der Waals surface area contributed by atoms with Gasteiger partial charge in [-0.25, -0.2) is 8.42 Å². The number of nitrogens with one attached hydrogen (secondary N) is 1. The first-order chi connectivity index (χ1) is 18.2. The summed E-state index contributed by atoms with van der Waals surface area (Å²) >= 11 is 0. The summed E-state index contributed by atoms with van der Waals surface area (Å²) in [4.78, 5) is 13.1. The molecule has 39 heavy (non-hydrogen) atoms. The Hall–Kier alpha value is -3.93. The first kappa shape index (κ1) is 28.1. The van der Waals surface area contributed by atoms with E-state index in [4.69, 9.17) is 9.47 Å². The second kappa shape index (κ2) is 10.3. The number of carbonyl (C=O) groups excluding carboxylic acids is 1. The highest BCUT2D eigenvalue weighted by atomic mass is 32.2. The summed E-state index contributed by atoms with van der Waals surface area (Å²) in [5.41, 5.74) is 1.04. The van der Waals surface area contributed by atoms with Crippen LogP contribution in [0.5, 0.6) is 17.2 Å². The van der Waals surface area contributed by atoms with Crippen LogP contribution in [0.2, 0.25) is 0 Å². The predicted molar refractivity (Wildman–Crippen MR) is 139 cm³/mol. The Bertz CT molecular complexity index is 1450. The van der Waals surface area contributed by atoms with E-state index in [1.165, 1.54) is 43.5 Å². The van der Waals surface area contributed by atoms with Crippen molar-refractivity contribution < 1.29 is 40.6 Å². The maximum absolute atomic E-state index is 13.8. The van der Waals surface area contributed by atoms with Crippen LogP contribution in [0.4, 0.5) is 24.5 Å². The molecule has 0 radical (unpaired) electrons. The summed E-state index contributed by atoms with van der Waals surface area (Å²) in [6.45, 7) is 5.63. The summed E-state index contributed by atoms with van der Waals surface area (Å²) in [7, 11) is -2.66. The van der Waals surface area contributed by atoms with Crippen molar-refractivity contribution in [3.05, 3.63) is 72.3 Å². The van der Waals surface area contributed by atoms with Gasteiger partial charge in [0.1, 0.15) is 17.2 Å². The zero-order valence-electron chi connectivity index (χ0n) is 21.6. The second-order valence-electron chi connectivity index (χ2n) is 9.81. The van der Waals surface area contributed by atoms with Gasteiger partial charge >= 0.3 is 6.36 Å². The van der Waals surface area contributed by atoms with E-state index < -0.39 is 34.1 Å². The number of anilines is 2. The number of benzene rings is 3. The maximum atomic E-state index is 13.8. The van der Waals surface area contributed by atoms with Crippen molar-refractivity contribution in [2.24, 2.45) is 0 Å². The summed E-state index contributed by atoms with van der Waals surface area (Å²) in [6, 6.07) is 15.6. The highest BCUT2D eigenvalue weighted by Crippen LogP contribution is 2.40. The van der Waals surface area contributed by atoms with Gasteiger partial charge in [-0.1, -0.05) is 26.8 Å². The fourth-order valence-electron chi connectivity index (χ4n) is 3.92. The summed E-state index contributed by atoms with van der Waals surface area (Å²) in [5.74, 6) is -0.453.